The van der Waals surface area contributed by atoms with E-state index < -0.39 is 6.61 Å². The number of carbonyl (C=O) groups excluding carboxylic acids is 1. The van der Waals surface area contributed by atoms with Crippen molar-refractivity contribution in [1.82, 2.24) is 0 Å². The van der Waals surface area contributed by atoms with Gasteiger partial charge in [-0.25, -0.2) is 0 Å². The number of hydrogen-bond donors (Lipinski definition) is 0. The number of carbonyl (C=O) groups is 1. The van der Waals surface area contributed by atoms with Crippen LogP contribution in [0, 0.1) is 0 Å². The second-order valence-corrected chi connectivity index (χ2v) is 5.84. The van der Waals surface area contributed by atoms with Crippen molar-refractivity contribution in [3.63, 3.8) is 0 Å². The number of ether oxygens (including phenoxy) is 3. The minimum atomic E-state index is -2.94. The highest BCUT2D eigenvalue weighted by Crippen LogP contribution is 2.29. The third kappa shape index (κ3) is 4.73. The van der Waals surface area contributed by atoms with E-state index in [0.29, 0.717) is 5.56 Å². The average molecular weight is 372 g/mol. The maximum atomic E-state index is 12.4. The van der Waals surface area contributed by atoms with E-state index in [0.717, 1.165) is 16.3 Å². The van der Waals surface area contributed by atoms with Gasteiger partial charge in [0, 0.05) is 0 Å². The maximum Gasteiger partial charge on any atom is 0.387 e. The Morgan fingerprint density at radius 1 is 1.00 bits per heavy atom. The smallest absolute Gasteiger partial charge is 0.387 e. The zero-order chi connectivity index (χ0) is 19.2. The highest BCUT2D eigenvalue weighted by Gasteiger charge is 2.13. The van der Waals surface area contributed by atoms with Crippen molar-refractivity contribution in [1.29, 1.82) is 0 Å². The molecular formula is C21H18F2O4. The van der Waals surface area contributed by atoms with Crippen LogP contribution in [0.15, 0.2) is 60.7 Å². The molecule has 0 saturated carbocycles. The molecule has 3 rings (SSSR count). The molecule has 27 heavy (non-hydrogen) atoms. The van der Waals surface area contributed by atoms with Crippen molar-refractivity contribution in [2.24, 2.45) is 0 Å². The summed E-state index contributed by atoms with van der Waals surface area (Å²) >= 11 is 0. The zero-order valence-corrected chi connectivity index (χ0v) is 14.7. The number of fused-ring (bicyclic) bond motifs is 1. The molecule has 0 heterocycles. The normalized spacial score (nSPS) is 10.8. The third-order valence-corrected chi connectivity index (χ3v) is 4.06. The number of benzene rings is 3. The molecule has 0 radical (unpaired) electrons. The molecule has 0 atom stereocenters. The summed E-state index contributed by atoms with van der Waals surface area (Å²) in [7, 11) is 1.35. The summed E-state index contributed by atoms with van der Waals surface area (Å²) in [6.45, 7) is -2.93. The van der Waals surface area contributed by atoms with E-state index in [4.69, 9.17) is 9.47 Å². The molecule has 0 aliphatic rings. The molecule has 6 heteroatoms. The van der Waals surface area contributed by atoms with Crippen LogP contribution in [0.3, 0.4) is 0 Å². The second kappa shape index (κ2) is 8.49. The van der Waals surface area contributed by atoms with Crippen molar-refractivity contribution in [3.05, 3.63) is 71.8 Å². The first-order chi connectivity index (χ1) is 13.1. The Morgan fingerprint density at radius 3 is 2.56 bits per heavy atom. The number of methoxy groups -OCH3 is 1. The Bertz CT molecular complexity index is 935. The largest absolute Gasteiger partial charge is 0.493 e. The first-order valence-corrected chi connectivity index (χ1v) is 8.31. The molecule has 3 aromatic rings. The van der Waals surface area contributed by atoms with Gasteiger partial charge in [-0.2, -0.15) is 8.78 Å². The molecule has 0 N–H and O–H groups in total. The van der Waals surface area contributed by atoms with Crippen LogP contribution in [0.5, 0.6) is 11.5 Å². The number of esters is 1. The predicted molar refractivity (Wildman–Crippen MR) is 97.1 cm³/mol. The van der Waals surface area contributed by atoms with E-state index in [1.54, 1.807) is 6.07 Å². The number of alkyl halides is 2. The van der Waals surface area contributed by atoms with E-state index in [2.05, 4.69) is 4.74 Å². The standard InChI is InChI=1S/C21H18F2O4/c1-25-19-11-14(9-10-18(19)27-21(22)23)13-26-20(24)12-16-7-4-6-15-5-2-3-8-17(15)16/h2-11,21H,12-13H2,1H3. The number of rotatable bonds is 7. The lowest BCUT2D eigenvalue weighted by Gasteiger charge is -2.12. The molecule has 0 aliphatic heterocycles. The van der Waals surface area contributed by atoms with E-state index >= 15 is 0 Å². The topological polar surface area (TPSA) is 44.8 Å². The number of halogens is 2. The summed E-state index contributed by atoms with van der Waals surface area (Å²) in [5, 5.41) is 2.06. The summed E-state index contributed by atoms with van der Waals surface area (Å²) in [5.41, 5.74) is 1.50. The monoisotopic (exact) mass is 372 g/mol. The molecule has 0 aliphatic carbocycles. The highest BCUT2D eigenvalue weighted by atomic mass is 19.3. The fourth-order valence-electron chi connectivity index (χ4n) is 2.81. The Morgan fingerprint density at radius 2 is 1.78 bits per heavy atom. The van der Waals surface area contributed by atoms with Crippen LogP contribution < -0.4 is 9.47 Å². The van der Waals surface area contributed by atoms with Crippen molar-refractivity contribution < 1.29 is 27.8 Å². The van der Waals surface area contributed by atoms with E-state index in [1.807, 2.05) is 42.5 Å². The van der Waals surface area contributed by atoms with Crippen molar-refractivity contribution in [2.45, 2.75) is 19.6 Å². The van der Waals surface area contributed by atoms with Crippen LogP contribution in [0.1, 0.15) is 11.1 Å². The summed E-state index contributed by atoms with van der Waals surface area (Å²) in [6.07, 6.45) is 0.144. The molecule has 0 spiro atoms. The van der Waals surface area contributed by atoms with Crippen LogP contribution in [0.25, 0.3) is 10.8 Å². The van der Waals surface area contributed by atoms with Crippen LogP contribution in [-0.2, 0) is 22.6 Å². The second-order valence-electron chi connectivity index (χ2n) is 5.84. The van der Waals surface area contributed by atoms with Gasteiger partial charge < -0.3 is 14.2 Å². The molecule has 0 saturated heterocycles. The fraction of sp³-hybridized carbons (Fsp3) is 0.190. The first kappa shape index (κ1) is 18.6. The zero-order valence-electron chi connectivity index (χ0n) is 14.7. The molecule has 0 fully saturated rings. The van der Waals surface area contributed by atoms with Gasteiger partial charge in [-0.3, -0.25) is 4.79 Å². The van der Waals surface area contributed by atoms with Crippen LogP contribution in [0.2, 0.25) is 0 Å². The van der Waals surface area contributed by atoms with Gasteiger partial charge >= 0.3 is 12.6 Å². The fourth-order valence-corrected chi connectivity index (χ4v) is 2.81. The molecular weight excluding hydrogens is 354 g/mol. The van der Waals surface area contributed by atoms with Gasteiger partial charge in [-0.15, -0.1) is 0 Å². The SMILES string of the molecule is COc1cc(COC(=O)Cc2cccc3ccccc23)ccc1OC(F)F. The van der Waals surface area contributed by atoms with Crippen LogP contribution in [-0.4, -0.2) is 19.7 Å². The molecule has 4 nitrogen and oxygen atoms in total. The highest BCUT2D eigenvalue weighted by molar-refractivity contribution is 5.88. The van der Waals surface area contributed by atoms with E-state index in [9.17, 15) is 13.6 Å². The van der Waals surface area contributed by atoms with Crippen LogP contribution >= 0.6 is 0 Å². The van der Waals surface area contributed by atoms with Gasteiger partial charge in [0.1, 0.15) is 6.61 Å². The number of hydrogen-bond acceptors (Lipinski definition) is 4. The molecule has 0 bridgehead atoms. The van der Waals surface area contributed by atoms with E-state index in [1.165, 1.54) is 19.2 Å². The third-order valence-electron chi connectivity index (χ3n) is 4.06. The van der Waals surface area contributed by atoms with Gasteiger partial charge in [-0.1, -0.05) is 48.5 Å². The molecule has 140 valence electrons. The summed E-state index contributed by atoms with van der Waals surface area (Å²) in [6, 6.07) is 18.0. The lowest BCUT2D eigenvalue weighted by molar-refractivity contribution is -0.144. The van der Waals surface area contributed by atoms with Gasteiger partial charge in [0.25, 0.3) is 0 Å². The van der Waals surface area contributed by atoms with Crippen molar-refractivity contribution in [2.75, 3.05) is 7.11 Å². The molecule has 0 amide bonds. The summed E-state index contributed by atoms with van der Waals surface area (Å²) < 4.78 is 39.5. The Balaban J connectivity index is 1.65. The van der Waals surface area contributed by atoms with Crippen LogP contribution in [0.4, 0.5) is 8.78 Å². The first-order valence-electron chi connectivity index (χ1n) is 8.31. The lowest BCUT2D eigenvalue weighted by atomic mass is 10.0. The Hall–Kier alpha value is -3.15. The Labute approximate surface area is 155 Å². The lowest BCUT2D eigenvalue weighted by Crippen LogP contribution is -2.09. The van der Waals surface area contributed by atoms with Gasteiger partial charge in [0.15, 0.2) is 11.5 Å². The van der Waals surface area contributed by atoms with Gasteiger partial charge in [0.2, 0.25) is 0 Å². The molecule has 0 aromatic heterocycles. The van der Waals surface area contributed by atoms with Crippen molar-refractivity contribution >= 4 is 16.7 Å². The average Bonchev–Trinajstić information content (AvgIpc) is 2.67. The summed E-state index contributed by atoms with van der Waals surface area (Å²) in [5.74, 6) is -0.297. The Kier molecular flexibility index (Phi) is 5.86. The van der Waals surface area contributed by atoms with E-state index in [-0.39, 0.29) is 30.5 Å². The minimum absolute atomic E-state index is 0.00885. The van der Waals surface area contributed by atoms with Crippen molar-refractivity contribution in [3.8, 4) is 11.5 Å². The quantitative estimate of drug-likeness (QED) is 0.562. The van der Waals surface area contributed by atoms with Gasteiger partial charge in [-0.05, 0) is 34.0 Å². The maximum absolute atomic E-state index is 12.4. The van der Waals surface area contributed by atoms with Gasteiger partial charge in [0.05, 0.1) is 13.5 Å². The minimum Gasteiger partial charge on any atom is -0.493 e. The summed E-state index contributed by atoms with van der Waals surface area (Å²) in [4.78, 5) is 12.2. The molecule has 0 unspecified atom stereocenters. The molecule has 3 aromatic carbocycles. The predicted octanol–water partition coefficient (Wildman–Crippen LogP) is 4.74.